The van der Waals surface area contributed by atoms with E-state index in [1.165, 1.54) is 135 Å². The molecule has 0 saturated carbocycles. The minimum Gasteiger partial charge on any atom is -0.391 e. The summed E-state index contributed by atoms with van der Waals surface area (Å²) in [6.45, 7) is 4.20. The van der Waals surface area contributed by atoms with Crippen molar-refractivity contribution in [3.05, 3.63) is 0 Å². The zero-order valence-corrected chi connectivity index (χ0v) is 31.2. The molecule has 276 valence electrons. The molecule has 0 aromatic rings. The molecule has 0 aliphatic rings. The first-order valence-electron chi connectivity index (χ1n) is 19.7. The standard InChI is InChI=1S/C37H77N2O6P/c1-3-5-7-9-11-13-15-16-17-18-19-20-21-22-24-26-28-30-36(40)35(34-45-46(42,43)44-33-32-38)39-37(41)31-29-27-25-23-14-12-10-8-6-4-2/h35-36,40H,3-34,38H2,1-2H3,(H,39,41)(H,42,43). The summed E-state index contributed by atoms with van der Waals surface area (Å²) in [5.74, 6) is -0.162. The highest BCUT2D eigenvalue weighted by atomic mass is 31.2. The van der Waals surface area contributed by atoms with Gasteiger partial charge in [0.05, 0.1) is 25.4 Å². The number of nitrogens with two attached hydrogens (primary N) is 1. The molecule has 0 aliphatic heterocycles. The lowest BCUT2D eigenvalue weighted by molar-refractivity contribution is -0.123. The Hall–Kier alpha value is -0.500. The lowest BCUT2D eigenvalue weighted by Crippen LogP contribution is -2.46. The largest absolute Gasteiger partial charge is 0.472 e. The molecule has 3 atom stereocenters. The Labute approximate surface area is 284 Å². The summed E-state index contributed by atoms with van der Waals surface area (Å²) in [5.41, 5.74) is 5.36. The van der Waals surface area contributed by atoms with Gasteiger partial charge in [-0.2, -0.15) is 0 Å². The quantitative estimate of drug-likeness (QED) is 0.0380. The number of phosphoric acid groups is 1. The van der Waals surface area contributed by atoms with Gasteiger partial charge in [0.1, 0.15) is 0 Å². The molecule has 3 unspecified atom stereocenters. The molecular formula is C37H77N2O6P. The topological polar surface area (TPSA) is 131 Å². The summed E-state index contributed by atoms with van der Waals surface area (Å²) >= 11 is 0. The number of carbonyl (C=O) groups is 1. The number of aliphatic hydroxyl groups excluding tert-OH is 1. The molecule has 0 bridgehead atoms. The van der Waals surface area contributed by atoms with Crippen LogP contribution < -0.4 is 11.1 Å². The van der Waals surface area contributed by atoms with E-state index in [0.29, 0.717) is 12.8 Å². The summed E-state index contributed by atoms with van der Waals surface area (Å²) < 4.78 is 22.1. The van der Waals surface area contributed by atoms with Crippen LogP contribution >= 0.6 is 7.82 Å². The lowest BCUT2D eigenvalue weighted by Gasteiger charge is -2.25. The fourth-order valence-electron chi connectivity index (χ4n) is 5.96. The predicted molar refractivity (Wildman–Crippen MR) is 194 cm³/mol. The molecule has 9 heteroatoms. The van der Waals surface area contributed by atoms with Gasteiger partial charge >= 0.3 is 7.82 Å². The van der Waals surface area contributed by atoms with Gasteiger partial charge in [-0.1, -0.05) is 181 Å². The van der Waals surface area contributed by atoms with Crippen molar-refractivity contribution in [2.24, 2.45) is 5.73 Å². The number of amides is 1. The van der Waals surface area contributed by atoms with Crippen LogP contribution in [-0.2, 0) is 18.4 Å². The van der Waals surface area contributed by atoms with Crippen LogP contribution in [0, 0.1) is 0 Å². The molecule has 5 N–H and O–H groups in total. The summed E-state index contributed by atoms with van der Waals surface area (Å²) in [6.07, 6.45) is 33.9. The Morgan fingerprint density at radius 2 is 1.00 bits per heavy atom. The number of hydrogen-bond acceptors (Lipinski definition) is 6. The van der Waals surface area contributed by atoms with Gasteiger partial charge in [0.25, 0.3) is 0 Å². The normalized spacial score (nSPS) is 14.3. The highest BCUT2D eigenvalue weighted by Gasteiger charge is 2.27. The molecular weight excluding hydrogens is 599 g/mol. The molecule has 0 aromatic carbocycles. The lowest BCUT2D eigenvalue weighted by atomic mass is 10.0. The zero-order chi connectivity index (χ0) is 34.0. The molecule has 0 radical (unpaired) electrons. The maximum atomic E-state index is 12.7. The summed E-state index contributed by atoms with van der Waals surface area (Å²) in [5, 5.41) is 13.7. The number of unbranched alkanes of at least 4 members (excludes halogenated alkanes) is 25. The highest BCUT2D eigenvalue weighted by molar-refractivity contribution is 7.47. The van der Waals surface area contributed by atoms with Gasteiger partial charge in [0.15, 0.2) is 0 Å². The van der Waals surface area contributed by atoms with Gasteiger partial charge in [-0.05, 0) is 12.8 Å². The molecule has 8 nitrogen and oxygen atoms in total. The zero-order valence-electron chi connectivity index (χ0n) is 30.3. The molecule has 0 rings (SSSR count). The molecule has 0 aliphatic carbocycles. The van der Waals surface area contributed by atoms with Crippen LogP contribution in [0.1, 0.15) is 200 Å². The van der Waals surface area contributed by atoms with E-state index in [9.17, 15) is 19.4 Å². The van der Waals surface area contributed by atoms with Gasteiger partial charge in [-0.15, -0.1) is 0 Å². The minimum absolute atomic E-state index is 0.0921. The Balaban J connectivity index is 4.16. The Bertz CT molecular complexity index is 699. The van der Waals surface area contributed by atoms with Crippen molar-refractivity contribution in [2.75, 3.05) is 19.8 Å². The predicted octanol–water partition coefficient (Wildman–Crippen LogP) is 10.3. The third-order valence-electron chi connectivity index (χ3n) is 8.96. The van der Waals surface area contributed by atoms with E-state index in [-0.39, 0.29) is 25.7 Å². The first kappa shape index (κ1) is 45.5. The van der Waals surface area contributed by atoms with Crippen molar-refractivity contribution >= 4 is 13.7 Å². The third kappa shape index (κ3) is 32.1. The summed E-state index contributed by atoms with van der Waals surface area (Å²) in [4.78, 5) is 22.6. The first-order chi connectivity index (χ1) is 22.4. The number of carbonyl (C=O) groups excluding carboxylic acids is 1. The molecule has 0 fully saturated rings. The number of rotatable bonds is 37. The third-order valence-corrected chi connectivity index (χ3v) is 9.95. The second-order valence-corrected chi connectivity index (χ2v) is 15.0. The average Bonchev–Trinajstić information content (AvgIpc) is 3.04. The van der Waals surface area contributed by atoms with Crippen LogP contribution in [0.3, 0.4) is 0 Å². The molecule has 0 heterocycles. The van der Waals surface area contributed by atoms with E-state index in [1.807, 2.05) is 0 Å². The monoisotopic (exact) mass is 677 g/mol. The maximum Gasteiger partial charge on any atom is 0.472 e. The van der Waals surface area contributed by atoms with Crippen LogP contribution in [0.4, 0.5) is 0 Å². The first-order valence-corrected chi connectivity index (χ1v) is 21.1. The van der Waals surface area contributed by atoms with Crippen LogP contribution in [0.15, 0.2) is 0 Å². The minimum atomic E-state index is -4.30. The van der Waals surface area contributed by atoms with E-state index < -0.39 is 20.0 Å². The number of nitrogens with one attached hydrogen (secondary N) is 1. The van der Waals surface area contributed by atoms with E-state index in [0.717, 1.165) is 38.5 Å². The van der Waals surface area contributed by atoms with E-state index in [4.69, 9.17) is 14.8 Å². The second kappa shape index (κ2) is 34.4. The average molecular weight is 677 g/mol. The molecule has 0 aromatic heterocycles. The number of phosphoric ester groups is 1. The van der Waals surface area contributed by atoms with Gasteiger partial charge in [-0.25, -0.2) is 4.57 Å². The Morgan fingerprint density at radius 3 is 1.39 bits per heavy atom. The van der Waals surface area contributed by atoms with E-state index >= 15 is 0 Å². The van der Waals surface area contributed by atoms with Crippen molar-refractivity contribution < 1.29 is 28.4 Å². The Morgan fingerprint density at radius 1 is 0.630 bits per heavy atom. The van der Waals surface area contributed by atoms with Crippen LogP contribution in [-0.4, -0.2) is 47.8 Å². The number of aliphatic hydroxyl groups is 1. The van der Waals surface area contributed by atoms with Crippen molar-refractivity contribution in [2.45, 2.75) is 212 Å². The fourth-order valence-corrected chi connectivity index (χ4v) is 6.72. The van der Waals surface area contributed by atoms with Crippen LogP contribution in [0.25, 0.3) is 0 Å². The van der Waals surface area contributed by atoms with E-state index in [1.54, 1.807) is 0 Å². The second-order valence-electron chi connectivity index (χ2n) is 13.5. The van der Waals surface area contributed by atoms with Crippen LogP contribution in [0.2, 0.25) is 0 Å². The molecule has 0 spiro atoms. The number of hydrogen-bond donors (Lipinski definition) is 4. The van der Waals surface area contributed by atoms with Gasteiger partial charge in [0.2, 0.25) is 5.91 Å². The summed E-state index contributed by atoms with van der Waals surface area (Å²) in [7, 11) is -4.30. The molecule has 0 saturated heterocycles. The molecule has 1 amide bonds. The highest BCUT2D eigenvalue weighted by Crippen LogP contribution is 2.43. The Kier molecular flexibility index (Phi) is 34.0. The van der Waals surface area contributed by atoms with Crippen LogP contribution in [0.5, 0.6) is 0 Å². The van der Waals surface area contributed by atoms with Crippen molar-refractivity contribution in [1.29, 1.82) is 0 Å². The van der Waals surface area contributed by atoms with E-state index in [2.05, 4.69) is 19.2 Å². The maximum absolute atomic E-state index is 12.7. The fraction of sp³-hybridized carbons (Fsp3) is 0.973. The van der Waals surface area contributed by atoms with Crippen molar-refractivity contribution in [3.8, 4) is 0 Å². The van der Waals surface area contributed by atoms with Crippen molar-refractivity contribution in [1.82, 2.24) is 5.32 Å². The van der Waals surface area contributed by atoms with Crippen molar-refractivity contribution in [3.63, 3.8) is 0 Å². The summed E-state index contributed by atoms with van der Waals surface area (Å²) in [6, 6.07) is -0.765. The SMILES string of the molecule is CCCCCCCCCCCCCCCCCCCC(O)C(COP(=O)(O)OCCN)NC(=O)CCCCCCCCCCCC. The van der Waals surface area contributed by atoms with Gasteiger partial charge < -0.3 is 21.1 Å². The van der Waals surface area contributed by atoms with Gasteiger partial charge in [-0.3, -0.25) is 13.8 Å². The van der Waals surface area contributed by atoms with Gasteiger partial charge in [0, 0.05) is 13.0 Å². The molecule has 46 heavy (non-hydrogen) atoms. The smallest absolute Gasteiger partial charge is 0.391 e.